The highest BCUT2D eigenvalue weighted by atomic mass is 35.5. The van der Waals surface area contributed by atoms with E-state index >= 15 is 0 Å². The van der Waals surface area contributed by atoms with Gasteiger partial charge in [0.15, 0.2) is 0 Å². The smallest absolute Gasteiger partial charge is 0.396 e. The summed E-state index contributed by atoms with van der Waals surface area (Å²) < 4.78 is 10.2. The van der Waals surface area contributed by atoms with Gasteiger partial charge in [-0.1, -0.05) is 48.6 Å². The molecule has 6 heteroatoms. The zero-order valence-electron chi connectivity index (χ0n) is 12.5. The second kappa shape index (κ2) is 6.38. The van der Waals surface area contributed by atoms with Gasteiger partial charge in [0.25, 0.3) is 0 Å². The van der Waals surface area contributed by atoms with Gasteiger partial charge in [-0.15, -0.1) is 21.8 Å². The van der Waals surface area contributed by atoms with Gasteiger partial charge >= 0.3 is 11.9 Å². The molecule has 2 aromatic rings. The number of hydrogen-bond acceptors (Lipinski definition) is 5. The van der Waals surface area contributed by atoms with Crippen LogP contribution >= 0.6 is 11.6 Å². The topological polar surface area (TPSA) is 65.2 Å². The molecule has 1 unspecified atom stereocenters. The number of alkyl halides is 1. The van der Waals surface area contributed by atoms with E-state index in [0.717, 1.165) is 11.1 Å². The molecule has 23 heavy (non-hydrogen) atoms. The summed E-state index contributed by atoms with van der Waals surface area (Å²) in [5.41, 5.74) is 2.19. The summed E-state index contributed by atoms with van der Waals surface area (Å²) in [5, 5.41) is 7.58. The van der Waals surface area contributed by atoms with E-state index in [1.165, 1.54) is 0 Å². The van der Waals surface area contributed by atoms with Crippen LogP contribution in [0.25, 0.3) is 5.57 Å². The number of rotatable bonds is 4. The Labute approximate surface area is 138 Å². The fraction of sp³-hybridized carbons (Fsp3) is 0.235. The minimum atomic E-state index is -0.948. The first kappa shape index (κ1) is 15.5. The van der Waals surface area contributed by atoms with E-state index in [1.807, 2.05) is 42.5 Å². The number of carbonyl (C=O) groups is 1. The Morgan fingerprint density at radius 3 is 2.78 bits per heavy atom. The van der Waals surface area contributed by atoms with Crippen LogP contribution in [0.4, 0.5) is 0 Å². The molecule has 0 spiro atoms. The van der Waals surface area contributed by atoms with Gasteiger partial charge in [0, 0.05) is 0 Å². The third kappa shape index (κ3) is 3.19. The van der Waals surface area contributed by atoms with Gasteiger partial charge in [0.05, 0.1) is 6.61 Å². The third-order valence-electron chi connectivity index (χ3n) is 3.48. The summed E-state index contributed by atoms with van der Waals surface area (Å²) in [4.78, 5) is 10.6. The Balaban J connectivity index is 1.79. The van der Waals surface area contributed by atoms with Crippen molar-refractivity contribution in [2.24, 2.45) is 0 Å². The van der Waals surface area contributed by atoms with E-state index in [2.05, 4.69) is 10.2 Å². The SMILES string of the molecule is CCOC(=O)c1nnc(C2(Cl)C=CC(c3ccccc3)=CC2)o1. The average Bonchev–Trinajstić information content (AvgIpc) is 3.08. The van der Waals surface area contributed by atoms with Gasteiger partial charge in [-0.3, -0.25) is 0 Å². The van der Waals surface area contributed by atoms with Gasteiger partial charge < -0.3 is 9.15 Å². The monoisotopic (exact) mass is 330 g/mol. The maximum atomic E-state index is 11.6. The molecule has 1 atom stereocenters. The summed E-state index contributed by atoms with van der Waals surface area (Å²) in [6.07, 6.45) is 6.22. The predicted molar refractivity (Wildman–Crippen MR) is 86.0 cm³/mol. The number of benzene rings is 1. The molecule has 0 bridgehead atoms. The van der Waals surface area contributed by atoms with Gasteiger partial charge in [-0.05, 0) is 24.5 Å². The number of aromatic nitrogens is 2. The highest BCUT2D eigenvalue weighted by Crippen LogP contribution is 2.39. The van der Waals surface area contributed by atoms with E-state index < -0.39 is 10.8 Å². The summed E-state index contributed by atoms with van der Waals surface area (Å²) >= 11 is 6.57. The Hall–Kier alpha value is -2.40. The second-order valence-electron chi connectivity index (χ2n) is 5.06. The molecule has 5 nitrogen and oxygen atoms in total. The van der Waals surface area contributed by atoms with Crippen LogP contribution in [0, 0.1) is 0 Å². The minimum Gasteiger partial charge on any atom is -0.459 e. The van der Waals surface area contributed by atoms with Crippen LogP contribution in [0.3, 0.4) is 0 Å². The number of allylic oxidation sites excluding steroid dienone is 4. The fourth-order valence-electron chi connectivity index (χ4n) is 2.29. The molecule has 0 saturated carbocycles. The third-order valence-corrected chi connectivity index (χ3v) is 3.93. The molecule has 118 valence electrons. The Morgan fingerprint density at radius 2 is 2.13 bits per heavy atom. The molecule has 1 aromatic heterocycles. The van der Waals surface area contributed by atoms with Gasteiger partial charge in [0.1, 0.15) is 4.87 Å². The van der Waals surface area contributed by atoms with Crippen LogP contribution in [0.15, 0.2) is 53.0 Å². The zero-order chi connectivity index (χ0) is 16.3. The molecule has 0 N–H and O–H groups in total. The van der Waals surface area contributed by atoms with Crippen molar-refractivity contribution in [3.05, 3.63) is 65.9 Å². The number of ether oxygens (including phenoxy) is 1. The lowest BCUT2D eigenvalue weighted by Gasteiger charge is -2.21. The van der Waals surface area contributed by atoms with Crippen molar-refractivity contribution in [1.82, 2.24) is 10.2 Å². The van der Waals surface area contributed by atoms with Crippen molar-refractivity contribution < 1.29 is 13.9 Å². The molecule has 1 heterocycles. The molecule has 3 rings (SSSR count). The highest BCUT2D eigenvalue weighted by molar-refractivity contribution is 6.25. The molecular weight excluding hydrogens is 316 g/mol. The van der Waals surface area contributed by atoms with Crippen LogP contribution in [0.5, 0.6) is 0 Å². The Bertz CT molecular complexity index is 767. The van der Waals surface area contributed by atoms with E-state index in [-0.39, 0.29) is 18.4 Å². The van der Waals surface area contributed by atoms with E-state index in [1.54, 1.807) is 13.0 Å². The first-order valence-corrected chi connectivity index (χ1v) is 7.65. The number of halogens is 1. The normalized spacial score (nSPS) is 20.2. The van der Waals surface area contributed by atoms with E-state index in [9.17, 15) is 4.79 Å². The molecule has 1 aliphatic rings. The van der Waals surface area contributed by atoms with Crippen LogP contribution < -0.4 is 0 Å². The highest BCUT2D eigenvalue weighted by Gasteiger charge is 2.35. The lowest BCUT2D eigenvalue weighted by molar-refractivity contribution is 0.0478. The standard InChI is InChI=1S/C17H15ClN2O3/c1-2-22-15(21)14-19-20-16(23-14)17(18)10-8-13(9-11-17)12-6-4-3-5-7-12/h3-10H,2,11H2,1H3. The lowest BCUT2D eigenvalue weighted by atomic mass is 9.92. The summed E-state index contributed by atoms with van der Waals surface area (Å²) in [5.74, 6) is -0.651. The molecule has 0 amide bonds. The second-order valence-corrected chi connectivity index (χ2v) is 5.73. The zero-order valence-corrected chi connectivity index (χ0v) is 13.3. The van der Waals surface area contributed by atoms with Crippen molar-refractivity contribution in [3.63, 3.8) is 0 Å². The van der Waals surface area contributed by atoms with Crippen molar-refractivity contribution in [2.45, 2.75) is 18.2 Å². The van der Waals surface area contributed by atoms with Crippen LogP contribution in [0.1, 0.15) is 35.5 Å². The van der Waals surface area contributed by atoms with Crippen molar-refractivity contribution in [3.8, 4) is 0 Å². The summed E-state index contributed by atoms with van der Waals surface area (Å²) in [7, 11) is 0. The number of hydrogen-bond donors (Lipinski definition) is 0. The molecule has 0 fully saturated rings. The average molecular weight is 331 g/mol. The molecule has 0 aliphatic heterocycles. The van der Waals surface area contributed by atoms with Gasteiger partial charge in [0.2, 0.25) is 5.89 Å². The lowest BCUT2D eigenvalue weighted by Crippen LogP contribution is -2.17. The largest absolute Gasteiger partial charge is 0.459 e. The molecule has 0 saturated heterocycles. The molecule has 1 aliphatic carbocycles. The number of esters is 1. The maximum Gasteiger partial charge on any atom is 0.396 e. The van der Waals surface area contributed by atoms with Gasteiger partial charge in [-0.2, -0.15) is 0 Å². The maximum absolute atomic E-state index is 11.6. The first-order chi connectivity index (χ1) is 11.1. The van der Waals surface area contributed by atoms with Crippen molar-refractivity contribution >= 4 is 23.1 Å². The van der Waals surface area contributed by atoms with Crippen LogP contribution in [0.2, 0.25) is 0 Å². The fourth-order valence-corrected chi connectivity index (χ4v) is 2.50. The summed E-state index contributed by atoms with van der Waals surface area (Å²) in [6, 6.07) is 10.00. The minimum absolute atomic E-state index is 0.182. The predicted octanol–water partition coefficient (Wildman–Crippen LogP) is 3.72. The molecular formula is C17H15ClN2O3. The number of nitrogens with zero attached hydrogens (tertiary/aromatic N) is 2. The first-order valence-electron chi connectivity index (χ1n) is 7.27. The Kier molecular flexibility index (Phi) is 4.30. The van der Waals surface area contributed by atoms with Crippen LogP contribution in [-0.2, 0) is 9.61 Å². The van der Waals surface area contributed by atoms with E-state index in [4.69, 9.17) is 20.8 Å². The van der Waals surface area contributed by atoms with Crippen molar-refractivity contribution in [2.75, 3.05) is 6.61 Å². The Morgan fingerprint density at radius 1 is 1.35 bits per heavy atom. The molecule has 1 aromatic carbocycles. The van der Waals surface area contributed by atoms with Crippen molar-refractivity contribution in [1.29, 1.82) is 0 Å². The number of carbonyl (C=O) groups excluding carboxylic acids is 1. The quantitative estimate of drug-likeness (QED) is 0.631. The molecule has 0 radical (unpaired) electrons. The van der Waals surface area contributed by atoms with Crippen LogP contribution in [-0.4, -0.2) is 22.8 Å². The van der Waals surface area contributed by atoms with Gasteiger partial charge in [-0.25, -0.2) is 4.79 Å². The summed E-state index contributed by atoms with van der Waals surface area (Å²) in [6.45, 7) is 1.95. The van der Waals surface area contributed by atoms with E-state index in [0.29, 0.717) is 6.42 Å².